The molecule has 0 saturated heterocycles. The molecule has 0 aliphatic rings. The molecule has 17 heavy (non-hydrogen) atoms. The van der Waals surface area contributed by atoms with E-state index in [1.807, 2.05) is 30.3 Å². The molecule has 3 N–H and O–H groups in total. The first kappa shape index (κ1) is 11.2. The van der Waals surface area contributed by atoms with Crippen LogP contribution in [-0.2, 0) is 6.42 Å². The molecular formula is C12H14N4O. The topological polar surface area (TPSA) is 69.8 Å². The second-order valence-corrected chi connectivity index (χ2v) is 3.57. The summed E-state index contributed by atoms with van der Waals surface area (Å²) in [5.74, 6) is 0. The molecule has 0 unspecified atom stereocenters. The molecule has 5 heteroatoms. The maximum Gasteiger partial charge on any atom is 0.319 e. The molecule has 1 aromatic heterocycles. The molecule has 0 aliphatic carbocycles. The van der Waals surface area contributed by atoms with Crippen LogP contribution in [0, 0.1) is 0 Å². The Bertz CT molecular complexity index is 453. The highest BCUT2D eigenvalue weighted by atomic mass is 16.2. The number of aromatic nitrogens is 2. The van der Waals surface area contributed by atoms with Gasteiger partial charge in [-0.25, -0.2) is 9.78 Å². The summed E-state index contributed by atoms with van der Waals surface area (Å²) in [5.41, 5.74) is 1.79. The predicted molar refractivity (Wildman–Crippen MR) is 65.8 cm³/mol. The number of urea groups is 1. The number of aromatic amines is 1. The highest BCUT2D eigenvalue weighted by Gasteiger charge is 2.00. The molecule has 0 atom stereocenters. The first-order valence-corrected chi connectivity index (χ1v) is 5.42. The Kier molecular flexibility index (Phi) is 3.75. The molecule has 2 amide bonds. The van der Waals surface area contributed by atoms with Gasteiger partial charge in [0.1, 0.15) is 0 Å². The third-order valence-electron chi connectivity index (χ3n) is 2.27. The third-order valence-corrected chi connectivity index (χ3v) is 2.27. The molecule has 2 aromatic rings. The van der Waals surface area contributed by atoms with Gasteiger partial charge in [0.25, 0.3) is 0 Å². The number of amides is 2. The number of hydrogen-bond donors (Lipinski definition) is 3. The van der Waals surface area contributed by atoms with Crippen molar-refractivity contribution in [2.24, 2.45) is 0 Å². The lowest BCUT2D eigenvalue weighted by molar-refractivity contribution is 0.252. The van der Waals surface area contributed by atoms with Gasteiger partial charge in [-0.2, -0.15) is 0 Å². The van der Waals surface area contributed by atoms with Gasteiger partial charge in [-0.3, -0.25) is 0 Å². The summed E-state index contributed by atoms with van der Waals surface area (Å²) in [7, 11) is 0. The van der Waals surface area contributed by atoms with Crippen LogP contribution in [0.5, 0.6) is 0 Å². The average Bonchev–Trinajstić information content (AvgIpc) is 2.83. The fourth-order valence-electron chi connectivity index (χ4n) is 1.43. The van der Waals surface area contributed by atoms with Crippen molar-refractivity contribution in [3.63, 3.8) is 0 Å². The third kappa shape index (κ3) is 3.64. The fraction of sp³-hybridized carbons (Fsp3) is 0.167. The van der Waals surface area contributed by atoms with Gasteiger partial charge in [0, 0.05) is 30.5 Å². The molecule has 88 valence electrons. The van der Waals surface area contributed by atoms with E-state index in [0.29, 0.717) is 6.54 Å². The van der Waals surface area contributed by atoms with Crippen LogP contribution in [0.3, 0.4) is 0 Å². The summed E-state index contributed by atoms with van der Waals surface area (Å²) < 4.78 is 0. The van der Waals surface area contributed by atoms with Crippen molar-refractivity contribution in [1.29, 1.82) is 0 Å². The number of nitrogens with one attached hydrogen (secondary N) is 3. The van der Waals surface area contributed by atoms with Crippen molar-refractivity contribution in [1.82, 2.24) is 15.3 Å². The van der Waals surface area contributed by atoms with Crippen molar-refractivity contribution < 1.29 is 4.79 Å². The highest BCUT2D eigenvalue weighted by Crippen LogP contribution is 2.03. The number of carbonyl (C=O) groups excluding carboxylic acids is 1. The van der Waals surface area contributed by atoms with Gasteiger partial charge < -0.3 is 15.6 Å². The van der Waals surface area contributed by atoms with Crippen LogP contribution in [0.15, 0.2) is 42.9 Å². The largest absolute Gasteiger partial charge is 0.348 e. The SMILES string of the molecule is O=C(NCCc1cnc[nH]1)Nc1ccccc1. The molecular weight excluding hydrogens is 216 g/mol. The van der Waals surface area contributed by atoms with Crippen LogP contribution in [-0.4, -0.2) is 22.5 Å². The molecule has 0 bridgehead atoms. The molecule has 1 heterocycles. The Balaban J connectivity index is 1.71. The summed E-state index contributed by atoms with van der Waals surface area (Å²) in [6, 6.07) is 9.14. The zero-order valence-electron chi connectivity index (χ0n) is 9.31. The summed E-state index contributed by atoms with van der Waals surface area (Å²) in [6.45, 7) is 0.570. The van der Waals surface area contributed by atoms with Gasteiger partial charge in [-0.15, -0.1) is 0 Å². The van der Waals surface area contributed by atoms with Crippen LogP contribution < -0.4 is 10.6 Å². The van der Waals surface area contributed by atoms with E-state index in [2.05, 4.69) is 20.6 Å². The number of benzene rings is 1. The summed E-state index contributed by atoms with van der Waals surface area (Å²) in [4.78, 5) is 18.4. The Morgan fingerprint density at radius 3 is 2.82 bits per heavy atom. The smallest absolute Gasteiger partial charge is 0.319 e. The zero-order chi connectivity index (χ0) is 11.9. The monoisotopic (exact) mass is 230 g/mol. The van der Waals surface area contributed by atoms with E-state index in [1.165, 1.54) is 0 Å². The van der Waals surface area contributed by atoms with Gasteiger partial charge in [-0.1, -0.05) is 18.2 Å². The van der Waals surface area contributed by atoms with Crippen molar-refractivity contribution >= 4 is 11.7 Å². The quantitative estimate of drug-likeness (QED) is 0.749. The Labute approximate surface area is 99.3 Å². The number of imidazole rings is 1. The Morgan fingerprint density at radius 2 is 2.12 bits per heavy atom. The maximum absolute atomic E-state index is 11.5. The van der Waals surface area contributed by atoms with Gasteiger partial charge in [0.15, 0.2) is 0 Å². The minimum Gasteiger partial charge on any atom is -0.348 e. The molecule has 0 radical (unpaired) electrons. The second kappa shape index (κ2) is 5.69. The van der Waals surface area contributed by atoms with E-state index in [9.17, 15) is 4.79 Å². The molecule has 0 aliphatic heterocycles. The second-order valence-electron chi connectivity index (χ2n) is 3.57. The van der Waals surface area contributed by atoms with E-state index in [-0.39, 0.29) is 6.03 Å². The molecule has 1 aromatic carbocycles. The van der Waals surface area contributed by atoms with Crippen molar-refractivity contribution in [3.05, 3.63) is 48.5 Å². The Hall–Kier alpha value is -2.30. The van der Waals surface area contributed by atoms with Crippen LogP contribution in [0.1, 0.15) is 5.69 Å². The maximum atomic E-state index is 11.5. The van der Waals surface area contributed by atoms with Crippen LogP contribution in [0.4, 0.5) is 10.5 Å². The van der Waals surface area contributed by atoms with E-state index in [1.54, 1.807) is 12.5 Å². The highest BCUT2D eigenvalue weighted by molar-refractivity contribution is 5.89. The summed E-state index contributed by atoms with van der Waals surface area (Å²) in [5, 5.41) is 5.52. The Morgan fingerprint density at radius 1 is 1.29 bits per heavy atom. The number of H-pyrrole nitrogens is 1. The van der Waals surface area contributed by atoms with E-state index in [4.69, 9.17) is 0 Å². The summed E-state index contributed by atoms with van der Waals surface area (Å²) in [6.07, 6.45) is 4.11. The van der Waals surface area contributed by atoms with Crippen molar-refractivity contribution in [2.45, 2.75) is 6.42 Å². The van der Waals surface area contributed by atoms with Crippen LogP contribution in [0.2, 0.25) is 0 Å². The lowest BCUT2D eigenvalue weighted by Crippen LogP contribution is -2.30. The van der Waals surface area contributed by atoms with Gasteiger partial charge in [0.2, 0.25) is 0 Å². The van der Waals surface area contributed by atoms with E-state index in [0.717, 1.165) is 17.8 Å². The number of hydrogen-bond acceptors (Lipinski definition) is 2. The molecule has 2 rings (SSSR count). The zero-order valence-corrected chi connectivity index (χ0v) is 9.31. The number of anilines is 1. The normalized spacial score (nSPS) is 9.88. The number of para-hydroxylation sites is 1. The number of nitrogens with zero attached hydrogens (tertiary/aromatic N) is 1. The summed E-state index contributed by atoms with van der Waals surface area (Å²) >= 11 is 0. The molecule has 5 nitrogen and oxygen atoms in total. The average molecular weight is 230 g/mol. The van der Waals surface area contributed by atoms with Gasteiger partial charge in [-0.05, 0) is 12.1 Å². The van der Waals surface area contributed by atoms with Gasteiger partial charge in [0.05, 0.1) is 6.33 Å². The lowest BCUT2D eigenvalue weighted by Gasteiger charge is -2.06. The van der Waals surface area contributed by atoms with Crippen LogP contribution >= 0.6 is 0 Å². The molecule has 0 fully saturated rings. The van der Waals surface area contributed by atoms with Gasteiger partial charge >= 0.3 is 6.03 Å². The number of carbonyl (C=O) groups is 1. The predicted octanol–water partition coefficient (Wildman–Crippen LogP) is 1.77. The van der Waals surface area contributed by atoms with E-state index < -0.39 is 0 Å². The lowest BCUT2D eigenvalue weighted by atomic mass is 10.3. The molecule has 0 saturated carbocycles. The first-order valence-electron chi connectivity index (χ1n) is 5.42. The van der Waals surface area contributed by atoms with E-state index >= 15 is 0 Å². The standard InChI is InChI=1S/C12H14N4O/c17-12(16-10-4-2-1-3-5-10)14-7-6-11-8-13-9-15-11/h1-5,8-9H,6-7H2,(H,13,15)(H2,14,16,17). The van der Waals surface area contributed by atoms with Crippen LogP contribution in [0.25, 0.3) is 0 Å². The van der Waals surface area contributed by atoms with Crippen molar-refractivity contribution in [3.8, 4) is 0 Å². The fourth-order valence-corrected chi connectivity index (χ4v) is 1.43. The van der Waals surface area contributed by atoms with Crippen molar-refractivity contribution in [2.75, 3.05) is 11.9 Å². The molecule has 0 spiro atoms. The number of rotatable bonds is 4. The first-order chi connectivity index (χ1) is 8.34. The minimum atomic E-state index is -0.198. The minimum absolute atomic E-state index is 0.198.